The molecule has 0 atom stereocenters. The van der Waals surface area contributed by atoms with Crippen molar-refractivity contribution in [1.29, 1.82) is 0 Å². The van der Waals surface area contributed by atoms with Crippen LogP contribution in [-0.2, 0) is 6.54 Å². The van der Waals surface area contributed by atoms with Gasteiger partial charge in [0.2, 0.25) is 6.79 Å². The Balaban J connectivity index is 1.78. The van der Waals surface area contributed by atoms with Crippen LogP contribution in [0.4, 0.5) is 5.69 Å². The standard InChI is InChI=1S/C13H13ClN4O3/c14-8-3-11-12(21-7-20-11)4-9(8)17-13(19)10-5-18(2-1-15)6-16-10/h3-6H,1-2,7,15H2,(H,17,19). The number of benzene rings is 1. The molecule has 1 amide bonds. The van der Waals surface area contributed by atoms with Gasteiger partial charge in [-0.3, -0.25) is 4.79 Å². The molecular weight excluding hydrogens is 296 g/mol. The maximum Gasteiger partial charge on any atom is 0.275 e. The Bertz CT molecular complexity index is 686. The van der Waals surface area contributed by atoms with Crippen molar-refractivity contribution in [3.63, 3.8) is 0 Å². The van der Waals surface area contributed by atoms with E-state index in [9.17, 15) is 4.79 Å². The molecule has 0 radical (unpaired) electrons. The van der Waals surface area contributed by atoms with Gasteiger partial charge in [-0.05, 0) is 0 Å². The van der Waals surface area contributed by atoms with Crippen molar-refractivity contribution in [2.45, 2.75) is 6.54 Å². The summed E-state index contributed by atoms with van der Waals surface area (Å²) in [4.78, 5) is 16.2. The summed E-state index contributed by atoms with van der Waals surface area (Å²) >= 11 is 6.10. The van der Waals surface area contributed by atoms with Crippen molar-refractivity contribution >= 4 is 23.2 Å². The average Bonchev–Trinajstić information content (AvgIpc) is 3.08. The fraction of sp³-hybridized carbons (Fsp3) is 0.231. The first kappa shape index (κ1) is 13.7. The number of fused-ring (bicyclic) bond motifs is 1. The Morgan fingerprint density at radius 3 is 2.95 bits per heavy atom. The Labute approximate surface area is 125 Å². The zero-order valence-corrected chi connectivity index (χ0v) is 11.8. The first-order chi connectivity index (χ1) is 10.2. The van der Waals surface area contributed by atoms with Crippen LogP contribution in [-0.4, -0.2) is 28.8 Å². The summed E-state index contributed by atoms with van der Waals surface area (Å²) in [5.74, 6) is 0.750. The highest BCUT2D eigenvalue weighted by molar-refractivity contribution is 6.34. The number of anilines is 1. The van der Waals surface area contributed by atoms with Crippen molar-refractivity contribution in [1.82, 2.24) is 9.55 Å². The lowest BCUT2D eigenvalue weighted by atomic mass is 10.2. The Morgan fingerprint density at radius 1 is 1.43 bits per heavy atom. The van der Waals surface area contributed by atoms with Gasteiger partial charge in [-0.1, -0.05) is 11.6 Å². The van der Waals surface area contributed by atoms with Gasteiger partial charge in [0.1, 0.15) is 5.69 Å². The van der Waals surface area contributed by atoms with Crippen molar-refractivity contribution in [3.8, 4) is 11.5 Å². The number of nitrogens with one attached hydrogen (secondary N) is 1. The van der Waals surface area contributed by atoms with Crippen molar-refractivity contribution in [3.05, 3.63) is 35.4 Å². The molecular formula is C13H13ClN4O3. The minimum absolute atomic E-state index is 0.145. The predicted octanol–water partition coefficient (Wildman–Crippen LogP) is 1.48. The summed E-state index contributed by atoms with van der Waals surface area (Å²) in [6.45, 7) is 1.23. The van der Waals surface area contributed by atoms with E-state index >= 15 is 0 Å². The third kappa shape index (κ3) is 2.79. The molecule has 0 unspecified atom stereocenters. The Hall–Kier alpha value is -2.25. The fourth-order valence-electron chi connectivity index (χ4n) is 1.95. The predicted molar refractivity (Wildman–Crippen MR) is 76.8 cm³/mol. The number of amides is 1. The molecule has 1 aliphatic heterocycles. The Morgan fingerprint density at radius 2 is 2.19 bits per heavy atom. The third-order valence-electron chi connectivity index (χ3n) is 2.96. The quantitative estimate of drug-likeness (QED) is 0.892. The first-order valence-corrected chi connectivity index (χ1v) is 6.67. The van der Waals surface area contributed by atoms with Crippen LogP contribution in [0.2, 0.25) is 5.02 Å². The maximum absolute atomic E-state index is 12.1. The molecule has 0 bridgehead atoms. The van der Waals surface area contributed by atoms with Crippen LogP contribution in [0.15, 0.2) is 24.7 Å². The van der Waals surface area contributed by atoms with E-state index in [1.165, 1.54) is 0 Å². The molecule has 0 fully saturated rings. The van der Waals surface area contributed by atoms with Gasteiger partial charge < -0.3 is 25.1 Å². The fourth-order valence-corrected chi connectivity index (χ4v) is 2.15. The SMILES string of the molecule is NCCn1cnc(C(=O)Nc2cc3c(cc2Cl)OCO3)c1. The zero-order chi connectivity index (χ0) is 14.8. The summed E-state index contributed by atoms with van der Waals surface area (Å²) in [6.07, 6.45) is 3.19. The van der Waals surface area contributed by atoms with Gasteiger partial charge in [0.25, 0.3) is 5.91 Å². The largest absolute Gasteiger partial charge is 0.454 e. The monoisotopic (exact) mass is 308 g/mol. The van der Waals surface area contributed by atoms with E-state index in [-0.39, 0.29) is 18.4 Å². The molecule has 7 nitrogen and oxygen atoms in total. The molecule has 3 rings (SSSR count). The lowest BCUT2D eigenvalue weighted by Gasteiger charge is -2.07. The number of carbonyl (C=O) groups excluding carboxylic acids is 1. The molecule has 3 N–H and O–H groups in total. The molecule has 0 saturated heterocycles. The molecule has 2 heterocycles. The minimum Gasteiger partial charge on any atom is -0.454 e. The van der Waals surface area contributed by atoms with Crippen molar-refractivity contribution in [2.75, 3.05) is 18.7 Å². The summed E-state index contributed by atoms with van der Waals surface area (Å²) < 4.78 is 12.2. The van der Waals surface area contributed by atoms with E-state index < -0.39 is 0 Å². The lowest BCUT2D eigenvalue weighted by molar-refractivity contribution is 0.102. The highest BCUT2D eigenvalue weighted by Crippen LogP contribution is 2.39. The van der Waals surface area contributed by atoms with Crippen LogP contribution in [0.1, 0.15) is 10.5 Å². The van der Waals surface area contributed by atoms with Crippen LogP contribution in [0.5, 0.6) is 11.5 Å². The summed E-state index contributed by atoms with van der Waals surface area (Å²) in [5.41, 5.74) is 6.18. The molecule has 1 aromatic carbocycles. The van der Waals surface area contributed by atoms with Crippen LogP contribution in [0, 0.1) is 0 Å². The number of halogens is 1. The van der Waals surface area contributed by atoms with E-state index in [1.807, 2.05) is 0 Å². The third-order valence-corrected chi connectivity index (χ3v) is 3.28. The number of hydrogen-bond donors (Lipinski definition) is 2. The molecule has 0 aliphatic carbocycles. The summed E-state index contributed by atoms with van der Waals surface area (Å²) in [5, 5.41) is 3.07. The van der Waals surface area contributed by atoms with Gasteiger partial charge in [0.15, 0.2) is 11.5 Å². The highest BCUT2D eigenvalue weighted by Gasteiger charge is 2.18. The van der Waals surface area contributed by atoms with E-state index in [4.69, 9.17) is 26.8 Å². The molecule has 21 heavy (non-hydrogen) atoms. The number of carbonyl (C=O) groups is 1. The molecule has 0 spiro atoms. The second-order valence-electron chi connectivity index (χ2n) is 4.42. The lowest BCUT2D eigenvalue weighted by Crippen LogP contribution is -2.13. The number of rotatable bonds is 4. The van der Waals surface area contributed by atoms with Gasteiger partial charge >= 0.3 is 0 Å². The zero-order valence-electron chi connectivity index (χ0n) is 11.0. The molecule has 1 aromatic heterocycles. The van der Waals surface area contributed by atoms with E-state index in [0.29, 0.717) is 35.3 Å². The van der Waals surface area contributed by atoms with Gasteiger partial charge in [-0.15, -0.1) is 0 Å². The summed E-state index contributed by atoms with van der Waals surface area (Å²) in [7, 11) is 0. The number of nitrogens with two attached hydrogens (primary N) is 1. The second-order valence-corrected chi connectivity index (χ2v) is 4.83. The van der Waals surface area contributed by atoms with E-state index in [0.717, 1.165) is 0 Å². The normalized spacial score (nSPS) is 12.5. The highest BCUT2D eigenvalue weighted by atomic mass is 35.5. The number of ether oxygens (including phenoxy) is 2. The molecule has 2 aromatic rings. The molecule has 0 saturated carbocycles. The topological polar surface area (TPSA) is 91.4 Å². The first-order valence-electron chi connectivity index (χ1n) is 6.29. The van der Waals surface area contributed by atoms with E-state index in [1.54, 1.807) is 29.2 Å². The van der Waals surface area contributed by atoms with Crippen molar-refractivity contribution in [2.24, 2.45) is 5.73 Å². The molecule has 110 valence electrons. The van der Waals surface area contributed by atoms with Crippen LogP contribution < -0.4 is 20.5 Å². The van der Waals surface area contributed by atoms with E-state index in [2.05, 4.69) is 10.3 Å². The maximum atomic E-state index is 12.1. The van der Waals surface area contributed by atoms with Crippen molar-refractivity contribution < 1.29 is 14.3 Å². The van der Waals surface area contributed by atoms with Gasteiger partial charge in [0, 0.05) is 31.4 Å². The Kier molecular flexibility index (Phi) is 3.68. The van der Waals surface area contributed by atoms with Crippen LogP contribution in [0.25, 0.3) is 0 Å². The summed E-state index contributed by atoms with van der Waals surface area (Å²) in [6, 6.07) is 3.23. The number of aromatic nitrogens is 2. The number of hydrogen-bond acceptors (Lipinski definition) is 5. The molecule has 1 aliphatic rings. The van der Waals surface area contributed by atoms with Gasteiger partial charge in [-0.25, -0.2) is 4.98 Å². The second kappa shape index (κ2) is 5.63. The van der Waals surface area contributed by atoms with Crippen LogP contribution >= 0.6 is 11.6 Å². The minimum atomic E-state index is -0.355. The van der Waals surface area contributed by atoms with Gasteiger partial charge in [-0.2, -0.15) is 0 Å². The smallest absolute Gasteiger partial charge is 0.275 e. The van der Waals surface area contributed by atoms with Gasteiger partial charge in [0.05, 0.1) is 17.0 Å². The number of nitrogens with zero attached hydrogens (tertiary/aromatic N) is 2. The van der Waals surface area contributed by atoms with Crippen LogP contribution in [0.3, 0.4) is 0 Å². The molecule has 8 heteroatoms. The number of imidazole rings is 1. The average molecular weight is 309 g/mol.